The van der Waals surface area contributed by atoms with E-state index in [1.807, 2.05) is 11.3 Å². The molecular formula is C17H20INOS2. The van der Waals surface area contributed by atoms with Gasteiger partial charge in [-0.2, -0.15) is 0 Å². The number of hydrogen-bond acceptors (Lipinski definition) is 3. The van der Waals surface area contributed by atoms with Crippen LogP contribution in [0.4, 0.5) is 0 Å². The summed E-state index contributed by atoms with van der Waals surface area (Å²) < 4.78 is 6.41. The first kappa shape index (κ1) is 16.5. The molecule has 0 spiro atoms. The van der Waals surface area contributed by atoms with Gasteiger partial charge in [-0.15, -0.1) is 22.7 Å². The van der Waals surface area contributed by atoms with Crippen molar-refractivity contribution in [2.24, 2.45) is 5.92 Å². The van der Waals surface area contributed by atoms with E-state index in [4.69, 9.17) is 0 Å². The van der Waals surface area contributed by atoms with Gasteiger partial charge in [0.2, 0.25) is 0 Å². The summed E-state index contributed by atoms with van der Waals surface area (Å²) in [7, 11) is 0. The summed E-state index contributed by atoms with van der Waals surface area (Å²) in [6.45, 7) is 5.62. The molecule has 1 unspecified atom stereocenters. The Kier molecular flexibility index (Phi) is 5.24. The molecule has 3 aromatic rings. The van der Waals surface area contributed by atoms with Crippen molar-refractivity contribution in [3.8, 4) is 0 Å². The van der Waals surface area contributed by atoms with Crippen molar-refractivity contribution >= 4 is 72.0 Å². The van der Waals surface area contributed by atoms with E-state index >= 15 is 0 Å². The Bertz CT molecular complexity index is 798. The van der Waals surface area contributed by atoms with E-state index in [-0.39, 0.29) is 0 Å². The molecule has 0 saturated carbocycles. The van der Waals surface area contributed by atoms with Gasteiger partial charge in [0.15, 0.2) is 6.29 Å². The lowest BCUT2D eigenvalue weighted by Gasteiger charge is -2.16. The first-order valence-corrected chi connectivity index (χ1v) is 10.5. The van der Waals surface area contributed by atoms with Gasteiger partial charge in [-0.1, -0.05) is 33.1 Å². The van der Waals surface area contributed by atoms with Gasteiger partial charge >= 0.3 is 0 Å². The molecule has 3 heterocycles. The average Bonchev–Trinajstić information content (AvgIpc) is 3.15. The van der Waals surface area contributed by atoms with Crippen molar-refractivity contribution in [3.63, 3.8) is 0 Å². The minimum atomic E-state index is 0.718. The number of thiophene rings is 2. The number of hydrogen-bond donors (Lipinski definition) is 0. The lowest BCUT2D eigenvalue weighted by atomic mass is 9.99. The van der Waals surface area contributed by atoms with Crippen molar-refractivity contribution < 1.29 is 4.79 Å². The number of carbonyl (C=O) groups excluding carboxylic acids is 1. The van der Waals surface area contributed by atoms with Crippen LogP contribution in [0.1, 0.15) is 49.2 Å². The van der Waals surface area contributed by atoms with Gasteiger partial charge in [0.1, 0.15) is 0 Å². The van der Waals surface area contributed by atoms with E-state index in [9.17, 15) is 4.79 Å². The van der Waals surface area contributed by atoms with Gasteiger partial charge < -0.3 is 4.57 Å². The summed E-state index contributed by atoms with van der Waals surface area (Å²) in [5, 5.41) is 0. The Morgan fingerprint density at radius 3 is 2.64 bits per heavy atom. The molecule has 0 aliphatic heterocycles. The molecule has 0 amide bonds. The van der Waals surface area contributed by atoms with E-state index < -0.39 is 0 Å². The number of aldehydes is 1. The molecule has 0 bridgehead atoms. The van der Waals surface area contributed by atoms with Crippen LogP contribution in [0, 0.1) is 8.80 Å². The number of halogens is 1. The summed E-state index contributed by atoms with van der Waals surface area (Å²) in [5.74, 6) is 0.718. The first-order valence-electron chi connectivity index (χ1n) is 7.84. The fraction of sp³-hybridized carbons (Fsp3) is 0.471. The van der Waals surface area contributed by atoms with E-state index in [1.54, 1.807) is 11.3 Å². The van der Waals surface area contributed by atoms with Crippen LogP contribution in [0.25, 0.3) is 20.4 Å². The van der Waals surface area contributed by atoms with Crippen molar-refractivity contribution in [2.75, 3.05) is 0 Å². The second kappa shape index (κ2) is 7.01. The minimum absolute atomic E-state index is 0.718. The van der Waals surface area contributed by atoms with Gasteiger partial charge in [0.25, 0.3) is 0 Å². The number of fused-ring (bicyclic) bond motifs is 3. The zero-order valence-corrected chi connectivity index (χ0v) is 16.7. The molecule has 0 radical (unpaired) electrons. The van der Waals surface area contributed by atoms with Crippen LogP contribution in [0.5, 0.6) is 0 Å². The Morgan fingerprint density at radius 1 is 1.23 bits per heavy atom. The molecule has 118 valence electrons. The second-order valence-electron chi connectivity index (χ2n) is 5.77. The van der Waals surface area contributed by atoms with Crippen molar-refractivity contribution in [2.45, 2.75) is 46.1 Å². The molecule has 22 heavy (non-hydrogen) atoms. The number of aromatic nitrogens is 1. The Hall–Kier alpha value is -0.400. The summed E-state index contributed by atoms with van der Waals surface area (Å²) in [6, 6.07) is 4.36. The minimum Gasteiger partial charge on any atom is -0.339 e. The van der Waals surface area contributed by atoms with E-state index in [1.165, 1.54) is 49.0 Å². The maximum absolute atomic E-state index is 11.1. The molecule has 3 rings (SSSR count). The summed E-state index contributed by atoms with van der Waals surface area (Å²) >= 11 is 5.87. The molecule has 0 fully saturated rings. The van der Waals surface area contributed by atoms with Gasteiger partial charge in [-0.05, 0) is 47.1 Å². The predicted octanol–water partition coefficient (Wildman–Crippen LogP) is 6.55. The second-order valence-corrected chi connectivity index (χ2v) is 9.80. The fourth-order valence-corrected chi connectivity index (χ4v) is 6.01. The van der Waals surface area contributed by atoms with Crippen molar-refractivity contribution in [1.82, 2.24) is 4.57 Å². The molecule has 5 heteroatoms. The highest BCUT2D eigenvalue weighted by Crippen LogP contribution is 2.40. The Morgan fingerprint density at radius 2 is 1.95 bits per heavy atom. The highest BCUT2D eigenvalue weighted by atomic mass is 127. The van der Waals surface area contributed by atoms with Crippen LogP contribution in [0.15, 0.2) is 12.1 Å². The normalized spacial score (nSPS) is 13.2. The summed E-state index contributed by atoms with van der Waals surface area (Å²) in [4.78, 5) is 12.0. The maximum atomic E-state index is 11.1. The van der Waals surface area contributed by atoms with Crippen LogP contribution in [0.3, 0.4) is 0 Å². The van der Waals surface area contributed by atoms with Crippen molar-refractivity contribution in [3.05, 3.63) is 19.9 Å². The quantitative estimate of drug-likeness (QED) is 0.299. The highest BCUT2D eigenvalue weighted by molar-refractivity contribution is 14.1. The molecule has 2 nitrogen and oxygen atoms in total. The van der Waals surface area contributed by atoms with Gasteiger partial charge in [0.05, 0.1) is 28.2 Å². The molecule has 0 aliphatic rings. The lowest BCUT2D eigenvalue weighted by Crippen LogP contribution is -2.09. The SMILES string of the molecule is CCCCC(CC)Cn1c2cc(I)sc2c2sc(C=O)cc21. The molecule has 0 N–H and O–H groups in total. The monoisotopic (exact) mass is 445 g/mol. The highest BCUT2D eigenvalue weighted by Gasteiger charge is 2.18. The smallest absolute Gasteiger partial charge is 0.160 e. The third kappa shape index (κ3) is 2.99. The fourth-order valence-electron chi connectivity index (χ4n) is 3.04. The van der Waals surface area contributed by atoms with Crippen molar-refractivity contribution in [1.29, 1.82) is 0 Å². The van der Waals surface area contributed by atoms with Crippen LogP contribution in [0.2, 0.25) is 0 Å². The number of nitrogens with zero attached hydrogens (tertiary/aromatic N) is 1. The molecule has 0 aromatic carbocycles. The van der Waals surface area contributed by atoms with Gasteiger partial charge in [0, 0.05) is 6.54 Å². The van der Waals surface area contributed by atoms with E-state index in [0.717, 1.165) is 23.6 Å². The van der Waals surface area contributed by atoms with Gasteiger partial charge in [-0.3, -0.25) is 4.79 Å². The predicted molar refractivity (Wildman–Crippen MR) is 107 cm³/mol. The summed E-state index contributed by atoms with van der Waals surface area (Å²) in [5.41, 5.74) is 2.60. The Balaban J connectivity index is 2.07. The standard InChI is InChI=1S/C17H20INOS2/c1-3-5-6-11(4-2)9-19-13-7-12(10-20)21-16(13)17-14(19)8-15(18)22-17/h7-8,10-11H,3-6,9H2,1-2H3. The topological polar surface area (TPSA) is 22.0 Å². The third-order valence-electron chi connectivity index (χ3n) is 4.30. The molecule has 0 aliphatic carbocycles. The van der Waals surface area contributed by atoms with Crippen LogP contribution >= 0.6 is 45.3 Å². The van der Waals surface area contributed by atoms with E-state index in [2.05, 4.69) is 53.1 Å². The zero-order chi connectivity index (χ0) is 15.7. The maximum Gasteiger partial charge on any atom is 0.160 e. The molecule has 3 aromatic heterocycles. The number of carbonyl (C=O) groups is 1. The summed E-state index contributed by atoms with van der Waals surface area (Å²) in [6.07, 6.45) is 6.05. The molecule has 1 atom stereocenters. The third-order valence-corrected chi connectivity index (χ3v) is 7.40. The zero-order valence-electron chi connectivity index (χ0n) is 12.9. The molecule has 0 saturated heterocycles. The van der Waals surface area contributed by atoms with Crippen LogP contribution in [-0.4, -0.2) is 10.9 Å². The van der Waals surface area contributed by atoms with Crippen LogP contribution < -0.4 is 0 Å². The lowest BCUT2D eigenvalue weighted by molar-refractivity contribution is 0.112. The molecular weight excluding hydrogens is 425 g/mol. The first-order chi connectivity index (χ1) is 10.7. The largest absolute Gasteiger partial charge is 0.339 e. The number of unbranched alkanes of at least 4 members (excludes halogenated alkanes) is 1. The Labute approximate surface area is 152 Å². The number of rotatable bonds is 7. The average molecular weight is 445 g/mol. The van der Waals surface area contributed by atoms with E-state index in [0.29, 0.717) is 0 Å². The van der Waals surface area contributed by atoms with Gasteiger partial charge in [-0.25, -0.2) is 0 Å². The van der Waals surface area contributed by atoms with Crippen LogP contribution in [-0.2, 0) is 6.54 Å².